The highest BCUT2D eigenvalue weighted by Gasteiger charge is 2.29. The molecule has 0 radical (unpaired) electrons. The molecule has 1 aromatic rings. The average molecular weight is 218 g/mol. The summed E-state index contributed by atoms with van der Waals surface area (Å²) in [5.41, 5.74) is 1.03. The molecule has 1 aromatic carbocycles. The first-order valence-corrected chi connectivity index (χ1v) is 4.67. The van der Waals surface area contributed by atoms with Crippen LogP contribution in [0.2, 0.25) is 0 Å². The van der Waals surface area contributed by atoms with Crippen LogP contribution in [0.25, 0.3) is 6.08 Å². The number of phenols is 1. The zero-order chi connectivity index (χ0) is 11.7. The number of carbonyl (C=O) groups is 2. The molecule has 3 amide bonds. The van der Waals surface area contributed by atoms with Crippen LogP contribution >= 0.6 is 0 Å². The summed E-state index contributed by atoms with van der Waals surface area (Å²) in [4.78, 5) is 23.8. The summed E-state index contributed by atoms with van der Waals surface area (Å²) in [7, 11) is 1.52. The van der Waals surface area contributed by atoms with Crippen molar-refractivity contribution in [2.24, 2.45) is 0 Å². The van der Waals surface area contributed by atoms with Gasteiger partial charge in [0.05, 0.1) is 0 Å². The van der Waals surface area contributed by atoms with Gasteiger partial charge in [-0.3, -0.25) is 15.0 Å². The van der Waals surface area contributed by atoms with Crippen molar-refractivity contribution in [1.29, 1.82) is 0 Å². The zero-order valence-corrected chi connectivity index (χ0v) is 8.60. The first-order chi connectivity index (χ1) is 7.58. The molecule has 0 spiro atoms. The van der Waals surface area contributed by atoms with E-state index in [1.54, 1.807) is 18.2 Å². The second kappa shape index (κ2) is 3.69. The van der Waals surface area contributed by atoms with Crippen molar-refractivity contribution in [3.05, 3.63) is 35.5 Å². The fourth-order valence-corrected chi connectivity index (χ4v) is 1.40. The molecule has 0 atom stereocenters. The molecule has 2 rings (SSSR count). The SMILES string of the molecule is CN1C(=O)NC(=O)C1=Cc1ccc(O)cc1. The van der Waals surface area contributed by atoms with Gasteiger partial charge in [0.25, 0.3) is 5.91 Å². The molecule has 82 valence electrons. The summed E-state index contributed by atoms with van der Waals surface area (Å²) in [6.07, 6.45) is 1.58. The van der Waals surface area contributed by atoms with Crippen LogP contribution in [-0.2, 0) is 4.79 Å². The molecule has 0 aliphatic carbocycles. The van der Waals surface area contributed by atoms with Crippen LogP contribution < -0.4 is 5.32 Å². The van der Waals surface area contributed by atoms with Gasteiger partial charge in [0.15, 0.2) is 0 Å². The summed E-state index contributed by atoms with van der Waals surface area (Å²) >= 11 is 0. The van der Waals surface area contributed by atoms with E-state index >= 15 is 0 Å². The highest BCUT2D eigenvalue weighted by molar-refractivity contribution is 6.13. The normalized spacial score (nSPS) is 18.1. The number of carbonyl (C=O) groups excluding carboxylic acids is 2. The molecule has 1 aliphatic rings. The van der Waals surface area contributed by atoms with E-state index in [9.17, 15) is 9.59 Å². The van der Waals surface area contributed by atoms with Crippen molar-refractivity contribution in [2.75, 3.05) is 7.05 Å². The molecule has 0 unspecified atom stereocenters. The van der Waals surface area contributed by atoms with E-state index in [1.165, 1.54) is 24.1 Å². The van der Waals surface area contributed by atoms with E-state index in [0.717, 1.165) is 5.56 Å². The van der Waals surface area contributed by atoms with Crippen LogP contribution in [0.3, 0.4) is 0 Å². The van der Waals surface area contributed by atoms with Gasteiger partial charge < -0.3 is 5.11 Å². The number of rotatable bonds is 1. The standard InChI is InChI=1S/C11H10N2O3/c1-13-9(10(15)12-11(13)16)6-7-2-4-8(14)5-3-7/h2-6,14H,1H3,(H,12,15,16). The van der Waals surface area contributed by atoms with Crippen LogP contribution in [0.1, 0.15) is 5.56 Å². The van der Waals surface area contributed by atoms with Crippen LogP contribution in [0, 0.1) is 0 Å². The van der Waals surface area contributed by atoms with Crippen LogP contribution in [0.5, 0.6) is 5.75 Å². The lowest BCUT2D eigenvalue weighted by molar-refractivity contribution is -0.115. The predicted octanol–water partition coefficient (Wildman–Crippen LogP) is 0.915. The molecule has 5 nitrogen and oxygen atoms in total. The molecule has 0 bridgehead atoms. The van der Waals surface area contributed by atoms with E-state index in [1.807, 2.05) is 0 Å². The number of likely N-dealkylation sites (N-methyl/N-ethyl adjacent to an activating group) is 1. The number of aromatic hydroxyl groups is 1. The molecule has 5 heteroatoms. The number of urea groups is 1. The smallest absolute Gasteiger partial charge is 0.328 e. The Balaban J connectivity index is 2.34. The molecule has 2 N–H and O–H groups in total. The minimum atomic E-state index is -0.435. The highest BCUT2D eigenvalue weighted by atomic mass is 16.3. The molecular formula is C11H10N2O3. The Kier molecular flexibility index (Phi) is 2.36. The van der Waals surface area contributed by atoms with E-state index in [0.29, 0.717) is 0 Å². The summed E-state index contributed by atoms with van der Waals surface area (Å²) in [5, 5.41) is 11.3. The number of amides is 3. The van der Waals surface area contributed by atoms with Gasteiger partial charge in [-0.15, -0.1) is 0 Å². The van der Waals surface area contributed by atoms with Crippen LogP contribution in [-0.4, -0.2) is 29.0 Å². The Morgan fingerprint density at radius 3 is 2.38 bits per heavy atom. The first-order valence-electron chi connectivity index (χ1n) is 4.67. The number of hydrogen-bond acceptors (Lipinski definition) is 3. The maximum atomic E-state index is 11.4. The van der Waals surface area contributed by atoms with Crippen molar-refractivity contribution >= 4 is 18.0 Å². The van der Waals surface area contributed by atoms with Crippen molar-refractivity contribution in [3.8, 4) is 5.75 Å². The lowest BCUT2D eigenvalue weighted by Gasteiger charge is -2.06. The van der Waals surface area contributed by atoms with Gasteiger partial charge in [-0.05, 0) is 23.8 Å². The fourth-order valence-electron chi connectivity index (χ4n) is 1.40. The number of phenolic OH excluding ortho intramolecular Hbond substituents is 1. The fraction of sp³-hybridized carbons (Fsp3) is 0.0909. The van der Waals surface area contributed by atoms with E-state index in [4.69, 9.17) is 5.11 Å². The topological polar surface area (TPSA) is 69.6 Å². The molecule has 16 heavy (non-hydrogen) atoms. The van der Waals surface area contributed by atoms with E-state index in [-0.39, 0.29) is 11.4 Å². The van der Waals surface area contributed by atoms with E-state index in [2.05, 4.69) is 5.32 Å². The Bertz CT molecular complexity index is 477. The Labute approximate surface area is 92.0 Å². The summed E-state index contributed by atoms with van der Waals surface area (Å²) in [6, 6.07) is 5.91. The van der Waals surface area contributed by atoms with E-state index < -0.39 is 11.9 Å². The van der Waals surface area contributed by atoms with Crippen molar-refractivity contribution in [3.63, 3.8) is 0 Å². The van der Waals surface area contributed by atoms with Gasteiger partial charge in [-0.1, -0.05) is 12.1 Å². The largest absolute Gasteiger partial charge is 0.508 e. The zero-order valence-electron chi connectivity index (χ0n) is 8.60. The Morgan fingerprint density at radius 2 is 1.88 bits per heavy atom. The minimum Gasteiger partial charge on any atom is -0.508 e. The third-order valence-corrected chi connectivity index (χ3v) is 2.32. The maximum absolute atomic E-state index is 11.4. The van der Waals surface area contributed by atoms with Crippen LogP contribution in [0.15, 0.2) is 30.0 Å². The number of imide groups is 1. The molecule has 1 saturated heterocycles. The molecule has 1 heterocycles. The number of hydrogen-bond donors (Lipinski definition) is 2. The third kappa shape index (κ3) is 1.75. The molecular weight excluding hydrogens is 208 g/mol. The molecule has 1 aliphatic heterocycles. The van der Waals surface area contributed by atoms with Gasteiger partial charge in [-0.25, -0.2) is 4.79 Å². The predicted molar refractivity (Wildman–Crippen MR) is 57.4 cm³/mol. The van der Waals surface area contributed by atoms with Gasteiger partial charge in [0, 0.05) is 7.05 Å². The number of benzene rings is 1. The van der Waals surface area contributed by atoms with Crippen molar-refractivity contribution in [1.82, 2.24) is 10.2 Å². The Morgan fingerprint density at radius 1 is 1.25 bits per heavy atom. The molecule has 0 saturated carbocycles. The highest BCUT2D eigenvalue weighted by Crippen LogP contribution is 2.16. The van der Waals surface area contributed by atoms with Crippen molar-refractivity contribution in [2.45, 2.75) is 0 Å². The lowest BCUT2D eigenvalue weighted by Crippen LogP contribution is -2.24. The van der Waals surface area contributed by atoms with Gasteiger partial charge >= 0.3 is 6.03 Å². The quantitative estimate of drug-likeness (QED) is 0.544. The minimum absolute atomic E-state index is 0.155. The monoisotopic (exact) mass is 218 g/mol. The van der Waals surface area contributed by atoms with Crippen molar-refractivity contribution < 1.29 is 14.7 Å². The number of nitrogens with zero attached hydrogens (tertiary/aromatic N) is 1. The third-order valence-electron chi connectivity index (χ3n) is 2.32. The number of nitrogens with one attached hydrogen (secondary N) is 1. The van der Waals surface area contributed by atoms with Gasteiger partial charge in [0.2, 0.25) is 0 Å². The first kappa shape index (κ1) is 10.2. The lowest BCUT2D eigenvalue weighted by atomic mass is 10.2. The van der Waals surface area contributed by atoms with Gasteiger partial charge in [-0.2, -0.15) is 0 Å². The summed E-state index contributed by atoms with van der Waals surface area (Å²) in [5.74, 6) is -0.261. The Hall–Kier alpha value is -2.30. The second-order valence-corrected chi connectivity index (χ2v) is 3.44. The second-order valence-electron chi connectivity index (χ2n) is 3.44. The molecule has 1 fully saturated rings. The molecule has 0 aromatic heterocycles. The maximum Gasteiger partial charge on any atom is 0.328 e. The summed E-state index contributed by atoms with van der Waals surface area (Å²) in [6.45, 7) is 0. The summed E-state index contributed by atoms with van der Waals surface area (Å²) < 4.78 is 0. The van der Waals surface area contributed by atoms with Gasteiger partial charge in [0.1, 0.15) is 11.4 Å². The average Bonchev–Trinajstić information content (AvgIpc) is 2.48. The van der Waals surface area contributed by atoms with Crippen LogP contribution in [0.4, 0.5) is 4.79 Å².